The van der Waals surface area contributed by atoms with E-state index in [-0.39, 0.29) is 36.9 Å². The molecule has 0 saturated heterocycles. The Kier molecular flexibility index (Phi) is 62.7. The fourth-order valence-corrected chi connectivity index (χ4v) is 14.8. The highest BCUT2D eigenvalue weighted by molar-refractivity contribution is 5.89. The van der Waals surface area contributed by atoms with Gasteiger partial charge in [0.15, 0.2) is 46.0 Å². The summed E-state index contributed by atoms with van der Waals surface area (Å²) in [5.41, 5.74) is 2.60. The average molecular weight is 1550 g/mol. The van der Waals surface area contributed by atoms with E-state index in [2.05, 4.69) is 41.5 Å². The Balaban J connectivity index is 1.66. The topological polar surface area (TPSA) is 120 Å². The van der Waals surface area contributed by atoms with Gasteiger partial charge in [0.1, 0.15) is 19.8 Å². The first-order valence-electron chi connectivity index (χ1n) is 47.3. The normalized spacial score (nSPS) is 11.4. The van der Waals surface area contributed by atoms with Crippen LogP contribution in [0.25, 0.3) is 0 Å². The fraction of sp³-hybridized carbons (Fsp3) is 0.750. The van der Waals surface area contributed by atoms with E-state index >= 15 is 0 Å². The summed E-state index contributed by atoms with van der Waals surface area (Å²) in [6.07, 6.45) is 75.4. The number of hydrogen-bond acceptors (Lipinski definition) is 10. The van der Waals surface area contributed by atoms with Gasteiger partial charge in [0.25, 0.3) is 0 Å². The number of unbranched alkanes of at least 4 members (excludes halogenated alkanes) is 54. The van der Waals surface area contributed by atoms with Crippen LogP contribution in [0.5, 0.6) is 51.7 Å². The average Bonchev–Trinajstić information content (AvgIpc) is 0.797. The van der Waals surface area contributed by atoms with Gasteiger partial charge in [0, 0.05) is 0 Å². The summed E-state index contributed by atoms with van der Waals surface area (Å²) in [6.45, 7) is 17.7. The Morgan fingerprint density at radius 1 is 0.207 bits per heavy atom. The molecule has 0 spiro atoms. The second-order valence-electron chi connectivity index (χ2n) is 32.5. The predicted molar refractivity (Wildman–Crippen MR) is 470 cm³/mol. The maximum absolute atomic E-state index is 13.3. The molecule has 0 heterocycles. The Labute approximate surface area is 681 Å². The van der Waals surface area contributed by atoms with Crippen molar-refractivity contribution in [3.8, 4) is 51.7 Å². The molecule has 111 heavy (non-hydrogen) atoms. The van der Waals surface area contributed by atoms with Crippen LogP contribution in [0.1, 0.15) is 454 Å². The molecule has 0 aliphatic heterocycles. The van der Waals surface area contributed by atoms with Crippen LogP contribution < -0.4 is 42.6 Å². The number of rotatable bonds is 82. The quantitative estimate of drug-likeness (QED) is 0.0426. The largest absolute Gasteiger partial charge is 0.490 e. The number of hydrogen-bond donors (Lipinski definition) is 1. The number of carboxylic acid groups (broad SMARTS) is 1. The zero-order valence-electron chi connectivity index (χ0n) is 72.7. The van der Waals surface area contributed by atoms with Gasteiger partial charge in [-0.25, -0.2) is 4.79 Å². The van der Waals surface area contributed by atoms with Crippen molar-refractivity contribution in [1.29, 1.82) is 0 Å². The molecular formula is C100H168O11. The van der Waals surface area contributed by atoms with Crippen molar-refractivity contribution in [3.63, 3.8) is 0 Å². The molecule has 634 valence electrons. The molecule has 0 aliphatic carbocycles. The lowest BCUT2D eigenvalue weighted by Gasteiger charge is -2.20. The molecule has 0 aromatic heterocycles. The second kappa shape index (κ2) is 71.1. The van der Waals surface area contributed by atoms with Gasteiger partial charge in [-0.3, -0.25) is 0 Å². The number of ether oxygens (including phenoxy) is 9. The summed E-state index contributed by atoms with van der Waals surface area (Å²) < 4.78 is 60.2. The fourth-order valence-electron chi connectivity index (χ4n) is 14.8. The number of carboxylic acids is 1. The van der Waals surface area contributed by atoms with E-state index in [4.69, 9.17) is 42.6 Å². The summed E-state index contributed by atoms with van der Waals surface area (Å²) in [6, 6.07) is 21.4. The number of aromatic carboxylic acids is 1. The Hall–Kier alpha value is -5.45. The van der Waals surface area contributed by atoms with Crippen LogP contribution in [0, 0.1) is 0 Å². The van der Waals surface area contributed by atoms with E-state index in [9.17, 15) is 9.90 Å². The summed E-state index contributed by atoms with van der Waals surface area (Å²) in [7, 11) is 0. The molecule has 11 heteroatoms. The Morgan fingerprint density at radius 3 is 0.586 bits per heavy atom. The molecule has 4 rings (SSSR count). The molecule has 0 radical (unpaired) electrons. The lowest BCUT2D eigenvalue weighted by molar-refractivity contribution is 0.0695. The molecular weight excluding hydrogens is 1380 g/mol. The smallest absolute Gasteiger partial charge is 0.335 e. The molecule has 1 N–H and O–H groups in total. The first kappa shape index (κ1) is 97.9. The van der Waals surface area contributed by atoms with Crippen molar-refractivity contribution in [1.82, 2.24) is 0 Å². The van der Waals surface area contributed by atoms with Crippen LogP contribution in [0.15, 0.2) is 66.7 Å². The highest BCUT2D eigenvalue weighted by Gasteiger charge is 2.22. The first-order valence-corrected chi connectivity index (χ1v) is 47.3. The van der Waals surface area contributed by atoms with Crippen molar-refractivity contribution in [2.24, 2.45) is 0 Å². The van der Waals surface area contributed by atoms with Crippen LogP contribution in [-0.4, -0.2) is 50.7 Å². The zero-order valence-corrected chi connectivity index (χ0v) is 72.7. The maximum Gasteiger partial charge on any atom is 0.335 e. The van der Waals surface area contributed by atoms with Crippen LogP contribution in [0.4, 0.5) is 0 Å². The van der Waals surface area contributed by atoms with Crippen molar-refractivity contribution in [2.75, 3.05) is 39.6 Å². The SMILES string of the molecule is CCCCCCCCCCCCOc1ccc(COc2cc(C(=O)O)cc(OCc3ccc(OCCCCCCCCCCCC)c(OCCCCCCCCCCCC)c3)c2OCc2ccc(OCCCCCCCCCCCC)c(OCCCCCCCCCCCC)c2)cc1OCCCCCCCCCCCC. The first-order chi connectivity index (χ1) is 54.8. The summed E-state index contributed by atoms with van der Waals surface area (Å²) in [5.74, 6) is 4.01. The molecule has 11 nitrogen and oxygen atoms in total. The van der Waals surface area contributed by atoms with Gasteiger partial charge >= 0.3 is 5.97 Å². The predicted octanol–water partition coefficient (Wildman–Crippen LogP) is 31.9. The van der Waals surface area contributed by atoms with E-state index < -0.39 is 5.97 Å². The van der Waals surface area contributed by atoms with Gasteiger partial charge in [0.2, 0.25) is 5.75 Å². The molecule has 0 unspecified atom stereocenters. The third kappa shape index (κ3) is 51.2. The molecule has 0 amide bonds. The van der Waals surface area contributed by atoms with Crippen molar-refractivity contribution in [3.05, 3.63) is 89.0 Å². The van der Waals surface area contributed by atoms with Crippen LogP contribution in [-0.2, 0) is 19.8 Å². The standard InChI is InChI=1S/C100H168O11/c1-7-13-19-25-31-37-43-49-55-61-73-103-91-70-67-87(79-94(91)106-76-64-58-52-46-40-34-28-22-16-10-4)84-109-97-82-90(100(101)102)83-98(110-85-88-68-71-92(104-74-62-56-50-44-38-32-26-20-14-8-2)95(80-88)107-77-65-59-53-47-41-35-29-23-17-11-5)99(97)111-86-89-69-72-93(105-75-63-57-51-45-39-33-27-21-15-9-3)96(81-89)108-78-66-60-54-48-42-36-30-24-18-12-6/h67-72,79-83H,7-66,73-78,84-86H2,1-6H3,(H,101,102). The van der Waals surface area contributed by atoms with Crippen molar-refractivity contribution in [2.45, 2.75) is 447 Å². The number of benzene rings is 4. The lowest BCUT2D eigenvalue weighted by Crippen LogP contribution is -2.08. The van der Waals surface area contributed by atoms with Crippen LogP contribution in [0.3, 0.4) is 0 Å². The third-order valence-corrected chi connectivity index (χ3v) is 22.0. The summed E-state index contributed by atoms with van der Waals surface area (Å²) >= 11 is 0. The molecule has 0 atom stereocenters. The molecule has 4 aromatic carbocycles. The van der Waals surface area contributed by atoms with Crippen LogP contribution >= 0.6 is 0 Å². The van der Waals surface area contributed by atoms with Crippen LogP contribution in [0.2, 0.25) is 0 Å². The van der Waals surface area contributed by atoms with Gasteiger partial charge in [-0.15, -0.1) is 0 Å². The van der Waals surface area contributed by atoms with Crippen molar-refractivity contribution >= 4 is 5.97 Å². The van der Waals surface area contributed by atoms with E-state index in [1.165, 1.54) is 308 Å². The van der Waals surface area contributed by atoms with E-state index in [0.717, 1.165) is 111 Å². The molecule has 0 bridgehead atoms. The number of carbonyl (C=O) groups is 1. The van der Waals surface area contributed by atoms with Gasteiger partial charge in [-0.1, -0.05) is 406 Å². The highest BCUT2D eigenvalue weighted by atomic mass is 16.5. The van der Waals surface area contributed by atoms with E-state index in [1.807, 2.05) is 54.6 Å². The van der Waals surface area contributed by atoms with Gasteiger partial charge in [-0.2, -0.15) is 0 Å². The minimum Gasteiger partial charge on any atom is -0.490 e. The van der Waals surface area contributed by atoms with E-state index in [0.29, 0.717) is 62.6 Å². The Bertz CT molecular complexity index is 2650. The third-order valence-electron chi connectivity index (χ3n) is 22.0. The molecule has 0 fully saturated rings. The van der Waals surface area contributed by atoms with Gasteiger partial charge in [0.05, 0.1) is 45.2 Å². The highest BCUT2D eigenvalue weighted by Crippen LogP contribution is 2.42. The summed E-state index contributed by atoms with van der Waals surface area (Å²) in [5, 5.41) is 10.9. The van der Waals surface area contributed by atoms with Gasteiger partial charge in [-0.05, 0) is 104 Å². The van der Waals surface area contributed by atoms with Crippen molar-refractivity contribution < 1.29 is 52.5 Å². The molecule has 0 saturated carbocycles. The monoisotopic (exact) mass is 1550 g/mol. The zero-order chi connectivity index (χ0) is 79.0. The second-order valence-corrected chi connectivity index (χ2v) is 32.5. The molecule has 0 aliphatic rings. The lowest BCUT2D eigenvalue weighted by atomic mass is 10.1. The minimum absolute atomic E-state index is 0.0198. The van der Waals surface area contributed by atoms with E-state index in [1.54, 1.807) is 12.1 Å². The molecule has 4 aromatic rings. The van der Waals surface area contributed by atoms with Gasteiger partial charge < -0.3 is 47.7 Å². The summed E-state index contributed by atoms with van der Waals surface area (Å²) in [4.78, 5) is 13.3. The maximum atomic E-state index is 13.3. The Morgan fingerprint density at radius 2 is 0.387 bits per heavy atom. The minimum atomic E-state index is -1.10.